The summed E-state index contributed by atoms with van der Waals surface area (Å²) in [6.45, 7) is 4.16. The molecule has 1 aliphatic heterocycles. The van der Waals surface area contributed by atoms with Crippen LogP contribution in [0.3, 0.4) is 0 Å². The summed E-state index contributed by atoms with van der Waals surface area (Å²) in [5.74, 6) is 0.688. The van der Waals surface area contributed by atoms with Crippen molar-refractivity contribution in [2.75, 3.05) is 46.9 Å². The number of nitrogens with two attached hydrogens (primary N) is 1. The smallest absolute Gasteiger partial charge is 0.257 e. The van der Waals surface area contributed by atoms with Gasteiger partial charge >= 0.3 is 0 Å². The maximum atomic E-state index is 12.8. The third kappa shape index (κ3) is 3.62. The minimum Gasteiger partial charge on any atom is -0.493 e. The molecule has 1 aromatic carbocycles. The van der Waals surface area contributed by atoms with Gasteiger partial charge in [0.1, 0.15) is 0 Å². The molecule has 1 aromatic rings. The molecular weight excluding hydrogens is 310 g/mol. The van der Waals surface area contributed by atoms with Gasteiger partial charge in [-0.05, 0) is 12.1 Å². The SMILES string of the molecule is COc1cccc(C(=O)N2CCN(C(=O)C(C)CN)CC2)c1OC. The van der Waals surface area contributed by atoms with Crippen LogP contribution in [0.5, 0.6) is 11.5 Å². The first-order valence-corrected chi connectivity index (χ1v) is 8.02. The fourth-order valence-electron chi connectivity index (χ4n) is 2.77. The molecule has 1 fully saturated rings. The molecule has 0 radical (unpaired) electrons. The summed E-state index contributed by atoms with van der Waals surface area (Å²) in [6, 6.07) is 5.23. The van der Waals surface area contributed by atoms with E-state index in [1.807, 2.05) is 6.92 Å². The number of nitrogens with zero attached hydrogens (tertiary/aromatic N) is 2. The molecule has 1 atom stereocenters. The Hall–Kier alpha value is -2.28. The van der Waals surface area contributed by atoms with Crippen LogP contribution in [-0.4, -0.2) is 68.6 Å². The summed E-state index contributed by atoms with van der Waals surface area (Å²) in [5.41, 5.74) is 6.02. The minimum absolute atomic E-state index is 0.0450. The highest BCUT2D eigenvalue weighted by atomic mass is 16.5. The first-order chi connectivity index (χ1) is 11.5. The van der Waals surface area contributed by atoms with Gasteiger partial charge in [0, 0.05) is 38.6 Å². The molecule has 1 heterocycles. The van der Waals surface area contributed by atoms with E-state index in [0.29, 0.717) is 49.8 Å². The van der Waals surface area contributed by atoms with Crippen LogP contribution >= 0.6 is 0 Å². The lowest BCUT2D eigenvalue weighted by atomic mass is 10.1. The number of piperazine rings is 1. The van der Waals surface area contributed by atoms with Gasteiger partial charge in [0.15, 0.2) is 11.5 Å². The largest absolute Gasteiger partial charge is 0.493 e. The molecule has 7 heteroatoms. The molecule has 132 valence electrons. The van der Waals surface area contributed by atoms with Crippen LogP contribution in [0.1, 0.15) is 17.3 Å². The molecule has 0 spiro atoms. The van der Waals surface area contributed by atoms with Crippen LogP contribution in [-0.2, 0) is 4.79 Å². The van der Waals surface area contributed by atoms with Gasteiger partial charge in [0.2, 0.25) is 5.91 Å². The van der Waals surface area contributed by atoms with Crippen molar-refractivity contribution in [2.45, 2.75) is 6.92 Å². The Bertz CT molecular complexity index is 597. The van der Waals surface area contributed by atoms with Crippen molar-refractivity contribution in [1.82, 2.24) is 9.80 Å². The van der Waals surface area contributed by atoms with E-state index >= 15 is 0 Å². The van der Waals surface area contributed by atoms with E-state index in [0.717, 1.165) is 0 Å². The van der Waals surface area contributed by atoms with E-state index < -0.39 is 0 Å². The fourth-order valence-corrected chi connectivity index (χ4v) is 2.77. The van der Waals surface area contributed by atoms with Gasteiger partial charge in [-0.2, -0.15) is 0 Å². The number of para-hydroxylation sites is 1. The predicted octanol–water partition coefficient (Wildman–Crippen LogP) is 0.583. The molecule has 2 rings (SSSR count). The Morgan fingerprint density at radius 2 is 1.75 bits per heavy atom. The number of carbonyl (C=O) groups excluding carboxylic acids is 2. The Labute approximate surface area is 142 Å². The van der Waals surface area contributed by atoms with Crippen molar-refractivity contribution in [3.63, 3.8) is 0 Å². The molecule has 1 unspecified atom stereocenters. The minimum atomic E-state index is -0.189. The topological polar surface area (TPSA) is 85.1 Å². The van der Waals surface area contributed by atoms with E-state index in [9.17, 15) is 9.59 Å². The van der Waals surface area contributed by atoms with E-state index in [2.05, 4.69) is 0 Å². The lowest BCUT2D eigenvalue weighted by Crippen LogP contribution is -2.52. The van der Waals surface area contributed by atoms with E-state index in [1.165, 1.54) is 14.2 Å². The molecular formula is C17H25N3O4. The summed E-state index contributed by atoms with van der Waals surface area (Å²) in [5, 5.41) is 0. The van der Waals surface area contributed by atoms with Crippen molar-refractivity contribution in [3.8, 4) is 11.5 Å². The van der Waals surface area contributed by atoms with Gasteiger partial charge in [-0.25, -0.2) is 0 Å². The van der Waals surface area contributed by atoms with Crippen LogP contribution in [0.25, 0.3) is 0 Å². The second-order valence-electron chi connectivity index (χ2n) is 5.80. The average Bonchev–Trinajstić information content (AvgIpc) is 2.65. The lowest BCUT2D eigenvalue weighted by Gasteiger charge is -2.36. The van der Waals surface area contributed by atoms with Gasteiger partial charge in [-0.1, -0.05) is 13.0 Å². The summed E-state index contributed by atoms with van der Waals surface area (Å²) in [7, 11) is 3.05. The molecule has 0 aromatic heterocycles. The fraction of sp³-hybridized carbons (Fsp3) is 0.529. The lowest BCUT2D eigenvalue weighted by molar-refractivity contribution is -0.136. The Morgan fingerprint density at radius 3 is 2.29 bits per heavy atom. The van der Waals surface area contributed by atoms with Gasteiger partial charge in [-0.15, -0.1) is 0 Å². The van der Waals surface area contributed by atoms with E-state index in [1.54, 1.807) is 28.0 Å². The monoisotopic (exact) mass is 335 g/mol. The zero-order valence-electron chi connectivity index (χ0n) is 14.4. The van der Waals surface area contributed by atoms with Crippen molar-refractivity contribution in [2.24, 2.45) is 11.7 Å². The first-order valence-electron chi connectivity index (χ1n) is 8.02. The van der Waals surface area contributed by atoms with Crippen LogP contribution in [0.15, 0.2) is 18.2 Å². The highest BCUT2D eigenvalue weighted by molar-refractivity contribution is 5.98. The summed E-state index contributed by atoms with van der Waals surface area (Å²) >= 11 is 0. The highest BCUT2D eigenvalue weighted by Gasteiger charge is 2.28. The first kappa shape index (κ1) is 18.1. The molecule has 0 aliphatic carbocycles. The molecule has 24 heavy (non-hydrogen) atoms. The summed E-state index contributed by atoms with van der Waals surface area (Å²) in [6.07, 6.45) is 0. The number of ether oxygens (including phenoxy) is 2. The van der Waals surface area contributed by atoms with Crippen LogP contribution in [0.4, 0.5) is 0 Å². The van der Waals surface area contributed by atoms with Crippen molar-refractivity contribution in [1.29, 1.82) is 0 Å². The predicted molar refractivity (Wildman–Crippen MR) is 90.2 cm³/mol. The standard InChI is InChI=1S/C17H25N3O4/c1-12(11-18)16(21)19-7-9-20(10-8-19)17(22)13-5-4-6-14(23-2)15(13)24-3/h4-6,12H,7-11,18H2,1-3H3. The number of carbonyl (C=O) groups is 2. The van der Waals surface area contributed by atoms with Gasteiger partial charge < -0.3 is 25.0 Å². The second-order valence-corrected chi connectivity index (χ2v) is 5.80. The Balaban J connectivity index is 2.07. The number of hydrogen-bond donors (Lipinski definition) is 1. The van der Waals surface area contributed by atoms with Crippen molar-refractivity contribution < 1.29 is 19.1 Å². The quantitative estimate of drug-likeness (QED) is 0.851. The number of benzene rings is 1. The van der Waals surface area contributed by atoms with Crippen molar-refractivity contribution >= 4 is 11.8 Å². The van der Waals surface area contributed by atoms with Crippen molar-refractivity contribution in [3.05, 3.63) is 23.8 Å². The van der Waals surface area contributed by atoms with Crippen LogP contribution in [0.2, 0.25) is 0 Å². The maximum Gasteiger partial charge on any atom is 0.257 e. The molecule has 2 N–H and O–H groups in total. The average molecular weight is 335 g/mol. The van der Waals surface area contributed by atoms with Gasteiger partial charge in [-0.3, -0.25) is 9.59 Å². The molecule has 1 aliphatic rings. The number of rotatable bonds is 5. The summed E-state index contributed by atoms with van der Waals surface area (Å²) in [4.78, 5) is 28.4. The van der Waals surface area contributed by atoms with Gasteiger partial charge in [0.05, 0.1) is 19.8 Å². The molecule has 2 amide bonds. The molecule has 0 saturated carbocycles. The normalized spacial score (nSPS) is 15.8. The Morgan fingerprint density at radius 1 is 1.12 bits per heavy atom. The van der Waals surface area contributed by atoms with Crippen LogP contribution in [0, 0.1) is 5.92 Å². The van der Waals surface area contributed by atoms with E-state index in [4.69, 9.17) is 15.2 Å². The second kappa shape index (κ2) is 8.01. The van der Waals surface area contributed by atoms with Crippen LogP contribution < -0.4 is 15.2 Å². The third-order valence-electron chi connectivity index (χ3n) is 4.29. The Kier molecular flexibility index (Phi) is 6.03. The molecule has 1 saturated heterocycles. The zero-order valence-corrected chi connectivity index (χ0v) is 14.4. The van der Waals surface area contributed by atoms with E-state index in [-0.39, 0.29) is 17.7 Å². The maximum absolute atomic E-state index is 12.8. The number of amides is 2. The zero-order chi connectivity index (χ0) is 17.7. The molecule has 7 nitrogen and oxygen atoms in total. The highest BCUT2D eigenvalue weighted by Crippen LogP contribution is 2.31. The van der Waals surface area contributed by atoms with Gasteiger partial charge in [0.25, 0.3) is 5.91 Å². The molecule has 0 bridgehead atoms. The summed E-state index contributed by atoms with van der Waals surface area (Å²) < 4.78 is 10.6. The number of methoxy groups -OCH3 is 2. The third-order valence-corrected chi connectivity index (χ3v) is 4.29. The number of hydrogen-bond acceptors (Lipinski definition) is 5.